The normalized spacial score (nSPS) is 10.9. The second-order valence-electron chi connectivity index (χ2n) is 7.28. The first-order valence-electron chi connectivity index (χ1n) is 10.1. The minimum atomic E-state index is -1.37. The Balaban J connectivity index is 1.87. The Labute approximate surface area is 199 Å². The highest BCUT2D eigenvalue weighted by molar-refractivity contribution is 5.91. The Morgan fingerprint density at radius 2 is 1.75 bits per heavy atom. The topological polar surface area (TPSA) is 133 Å². The molecule has 186 valence electrons. The number of pyridine rings is 1. The van der Waals surface area contributed by atoms with Gasteiger partial charge in [-0.1, -0.05) is 0 Å². The van der Waals surface area contributed by atoms with Crippen LogP contribution < -0.4 is 25.5 Å². The number of rotatable bonds is 7. The van der Waals surface area contributed by atoms with Gasteiger partial charge < -0.3 is 19.3 Å². The van der Waals surface area contributed by atoms with Crippen LogP contribution >= 0.6 is 0 Å². The minimum Gasteiger partial charge on any atom is -0.496 e. The van der Waals surface area contributed by atoms with Crippen molar-refractivity contribution in [2.75, 3.05) is 14.2 Å². The number of hydrogen-bond acceptors (Lipinski definition) is 7. The minimum absolute atomic E-state index is 0.00325. The third kappa shape index (κ3) is 4.21. The van der Waals surface area contributed by atoms with Crippen LogP contribution in [0.1, 0.15) is 15.9 Å². The van der Waals surface area contributed by atoms with E-state index in [9.17, 15) is 28.3 Å². The SMILES string of the molecule is COc1cc(F)c(-n2c(=O)[nH]c(=O)c3cc(C(=O)O)cnc32)cc1OCc1c(OC)ccc(F)c1F. The molecule has 2 N–H and O–H groups in total. The number of carboxylic acid groups (broad SMARTS) is 1. The lowest BCUT2D eigenvalue weighted by atomic mass is 10.2. The number of hydrogen-bond donors (Lipinski definition) is 2. The zero-order chi connectivity index (χ0) is 26.1. The van der Waals surface area contributed by atoms with E-state index in [-0.39, 0.29) is 39.4 Å². The van der Waals surface area contributed by atoms with Gasteiger partial charge in [-0.05, 0) is 18.2 Å². The van der Waals surface area contributed by atoms with Gasteiger partial charge in [-0.2, -0.15) is 0 Å². The standard InChI is InChI=1S/C23H16F3N3O7/c1-34-16-4-3-13(24)19(26)12(16)9-36-18-7-15(14(25)6-17(18)35-2)29-20-11(21(30)28-23(29)33)5-10(8-27-20)22(31)32/h3-8H,9H2,1-2H3,(H,31,32)(H,28,30,33). The number of carbonyl (C=O) groups is 1. The lowest BCUT2D eigenvalue weighted by Gasteiger charge is -2.16. The highest BCUT2D eigenvalue weighted by Crippen LogP contribution is 2.34. The quantitative estimate of drug-likeness (QED) is 0.394. The molecule has 0 aliphatic heterocycles. The fourth-order valence-electron chi connectivity index (χ4n) is 3.48. The number of aromatic amines is 1. The molecule has 2 heterocycles. The number of aromatic nitrogens is 3. The first kappa shape index (κ1) is 24.3. The molecule has 0 aliphatic rings. The second-order valence-corrected chi connectivity index (χ2v) is 7.28. The van der Waals surface area contributed by atoms with E-state index in [1.165, 1.54) is 20.3 Å². The third-order valence-corrected chi connectivity index (χ3v) is 5.21. The van der Waals surface area contributed by atoms with E-state index in [4.69, 9.17) is 14.2 Å². The van der Waals surface area contributed by atoms with E-state index in [1.54, 1.807) is 0 Å². The number of H-pyrrole nitrogens is 1. The summed E-state index contributed by atoms with van der Waals surface area (Å²) in [7, 11) is 2.46. The summed E-state index contributed by atoms with van der Waals surface area (Å²) in [5.41, 5.74) is -3.37. The maximum absolute atomic E-state index is 15.1. The number of ether oxygens (including phenoxy) is 3. The van der Waals surface area contributed by atoms with Crippen LogP contribution in [0.5, 0.6) is 17.2 Å². The fourth-order valence-corrected chi connectivity index (χ4v) is 3.48. The van der Waals surface area contributed by atoms with Gasteiger partial charge in [-0.15, -0.1) is 0 Å². The summed E-state index contributed by atoms with van der Waals surface area (Å²) in [4.78, 5) is 42.0. The number of aromatic carboxylic acids is 1. The molecule has 0 atom stereocenters. The summed E-state index contributed by atoms with van der Waals surface area (Å²) < 4.78 is 59.6. The van der Waals surface area contributed by atoms with Crippen LogP contribution in [0.2, 0.25) is 0 Å². The van der Waals surface area contributed by atoms with Gasteiger partial charge in [0.1, 0.15) is 12.4 Å². The highest BCUT2D eigenvalue weighted by atomic mass is 19.2. The molecule has 2 aromatic heterocycles. The molecule has 4 rings (SSSR count). The number of halogens is 3. The van der Waals surface area contributed by atoms with Crippen LogP contribution in [-0.2, 0) is 6.61 Å². The fraction of sp³-hybridized carbons (Fsp3) is 0.130. The second kappa shape index (κ2) is 9.44. The average Bonchev–Trinajstić information content (AvgIpc) is 2.85. The molecular formula is C23H16F3N3O7. The zero-order valence-corrected chi connectivity index (χ0v) is 18.6. The zero-order valence-electron chi connectivity index (χ0n) is 18.6. The van der Waals surface area contributed by atoms with Crippen molar-refractivity contribution in [3.8, 4) is 22.9 Å². The van der Waals surface area contributed by atoms with Crippen molar-refractivity contribution < 1.29 is 37.3 Å². The van der Waals surface area contributed by atoms with Crippen molar-refractivity contribution in [1.82, 2.24) is 14.5 Å². The van der Waals surface area contributed by atoms with Gasteiger partial charge >= 0.3 is 11.7 Å². The summed E-state index contributed by atoms with van der Waals surface area (Å²) in [6, 6.07) is 4.97. The van der Waals surface area contributed by atoms with E-state index >= 15 is 4.39 Å². The molecular weight excluding hydrogens is 487 g/mol. The summed E-state index contributed by atoms with van der Waals surface area (Å²) in [5.74, 6) is -5.03. The maximum Gasteiger partial charge on any atom is 0.337 e. The van der Waals surface area contributed by atoms with Crippen LogP contribution in [0.15, 0.2) is 46.1 Å². The highest BCUT2D eigenvalue weighted by Gasteiger charge is 2.21. The molecule has 0 saturated carbocycles. The first-order chi connectivity index (χ1) is 17.2. The number of carboxylic acids is 1. The molecule has 0 bridgehead atoms. The van der Waals surface area contributed by atoms with Crippen molar-refractivity contribution in [3.63, 3.8) is 0 Å². The molecule has 0 fully saturated rings. The van der Waals surface area contributed by atoms with Crippen LogP contribution in [0.3, 0.4) is 0 Å². The number of benzene rings is 2. The summed E-state index contributed by atoms with van der Waals surface area (Å²) in [6.45, 7) is -0.560. The monoisotopic (exact) mass is 503 g/mol. The number of nitrogens with zero attached hydrogens (tertiary/aromatic N) is 2. The van der Waals surface area contributed by atoms with Crippen molar-refractivity contribution in [2.24, 2.45) is 0 Å². The number of methoxy groups -OCH3 is 2. The molecule has 0 amide bonds. The van der Waals surface area contributed by atoms with E-state index in [2.05, 4.69) is 4.98 Å². The van der Waals surface area contributed by atoms with Gasteiger partial charge in [0, 0.05) is 18.3 Å². The summed E-state index contributed by atoms with van der Waals surface area (Å²) in [5, 5.41) is 8.88. The number of nitrogens with one attached hydrogen (secondary N) is 1. The van der Waals surface area contributed by atoms with Gasteiger partial charge in [-0.25, -0.2) is 32.3 Å². The molecule has 0 unspecified atom stereocenters. The molecule has 36 heavy (non-hydrogen) atoms. The van der Waals surface area contributed by atoms with E-state index in [1.807, 2.05) is 4.98 Å². The molecule has 0 saturated heterocycles. The van der Waals surface area contributed by atoms with Crippen molar-refractivity contribution in [2.45, 2.75) is 6.61 Å². The number of fused-ring (bicyclic) bond motifs is 1. The van der Waals surface area contributed by atoms with E-state index in [0.717, 1.165) is 30.5 Å². The van der Waals surface area contributed by atoms with Crippen LogP contribution in [0.25, 0.3) is 16.7 Å². The molecule has 0 spiro atoms. The maximum atomic E-state index is 15.1. The van der Waals surface area contributed by atoms with E-state index in [0.29, 0.717) is 4.57 Å². The molecule has 13 heteroatoms. The Morgan fingerprint density at radius 1 is 1.03 bits per heavy atom. The average molecular weight is 503 g/mol. The Kier molecular flexibility index (Phi) is 6.38. The van der Waals surface area contributed by atoms with Crippen molar-refractivity contribution in [3.05, 3.63) is 85.9 Å². The molecule has 4 aromatic rings. The van der Waals surface area contributed by atoms with E-state index < -0.39 is 47.0 Å². The molecule has 2 aromatic carbocycles. The predicted octanol–water partition coefficient (Wildman–Crippen LogP) is 2.79. The van der Waals surface area contributed by atoms with Gasteiger partial charge in [0.2, 0.25) is 0 Å². The van der Waals surface area contributed by atoms with Crippen molar-refractivity contribution >= 4 is 17.0 Å². The predicted molar refractivity (Wildman–Crippen MR) is 119 cm³/mol. The Morgan fingerprint density at radius 3 is 2.42 bits per heavy atom. The first-order valence-corrected chi connectivity index (χ1v) is 10.1. The van der Waals surface area contributed by atoms with Gasteiger partial charge in [0.15, 0.2) is 34.6 Å². The van der Waals surface area contributed by atoms with Crippen LogP contribution in [0.4, 0.5) is 13.2 Å². The summed E-state index contributed by atoms with van der Waals surface area (Å²) in [6.07, 6.45) is 0.901. The van der Waals surface area contributed by atoms with Gasteiger partial charge in [-0.3, -0.25) is 9.78 Å². The van der Waals surface area contributed by atoms with Crippen LogP contribution in [-0.4, -0.2) is 39.8 Å². The largest absolute Gasteiger partial charge is 0.496 e. The van der Waals surface area contributed by atoms with Gasteiger partial charge in [0.05, 0.1) is 36.4 Å². The summed E-state index contributed by atoms with van der Waals surface area (Å²) >= 11 is 0. The van der Waals surface area contributed by atoms with Gasteiger partial charge in [0.25, 0.3) is 5.56 Å². The van der Waals surface area contributed by atoms with Crippen LogP contribution in [0, 0.1) is 17.5 Å². The Bertz CT molecular complexity index is 1630. The smallest absolute Gasteiger partial charge is 0.337 e. The van der Waals surface area contributed by atoms with Crippen molar-refractivity contribution in [1.29, 1.82) is 0 Å². The lowest BCUT2D eigenvalue weighted by Crippen LogP contribution is -2.30. The molecule has 0 aliphatic carbocycles. The lowest BCUT2D eigenvalue weighted by molar-refractivity contribution is 0.0696. The Hall–Kier alpha value is -4.81. The molecule has 10 nitrogen and oxygen atoms in total. The third-order valence-electron chi connectivity index (χ3n) is 5.21. The molecule has 0 radical (unpaired) electrons.